The van der Waals surface area contributed by atoms with Crippen molar-refractivity contribution < 1.29 is 9.59 Å². The van der Waals surface area contributed by atoms with Crippen LogP contribution < -0.4 is 5.32 Å². The van der Waals surface area contributed by atoms with Crippen LogP contribution in [0.1, 0.15) is 68.3 Å². The smallest absolute Gasteiger partial charge is 0.317 e. The zero-order valence-electron chi connectivity index (χ0n) is 17.1. The number of aromatic nitrogens is 2. The van der Waals surface area contributed by atoms with Crippen LogP contribution in [0.15, 0.2) is 0 Å². The van der Waals surface area contributed by atoms with Gasteiger partial charge in [-0.05, 0) is 32.1 Å². The van der Waals surface area contributed by atoms with Crippen LogP contribution >= 0.6 is 0 Å². The molecular weight excluding hydrogens is 354 g/mol. The number of fused-ring (bicyclic) bond motifs is 1. The van der Waals surface area contributed by atoms with Gasteiger partial charge in [-0.1, -0.05) is 12.8 Å². The highest BCUT2D eigenvalue weighted by Crippen LogP contribution is 2.24. The lowest BCUT2D eigenvalue weighted by Gasteiger charge is -2.29. The highest BCUT2D eigenvalue weighted by molar-refractivity contribution is 5.76. The predicted octanol–water partition coefficient (Wildman–Crippen LogP) is 2.38. The molecule has 2 aliphatic heterocycles. The quantitative estimate of drug-likeness (QED) is 0.862. The van der Waals surface area contributed by atoms with Crippen LogP contribution in [-0.2, 0) is 31.2 Å². The second kappa shape index (κ2) is 8.53. The second-order valence-electron chi connectivity index (χ2n) is 8.54. The predicted molar refractivity (Wildman–Crippen MR) is 107 cm³/mol. The molecule has 0 atom stereocenters. The average molecular weight is 388 g/mol. The fourth-order valence-corrected chi connectivity index (χ4v) is 4.91. The van der Waals surface area contributed by atoms with Gasteiger partial charge in [0.15, 0.2) is 0 Å². The van der Waals surface area contributed by atoms with Gasteiger partial charge in [-0.2, -0.15) is 5.10 Å². The Labute approximate surface area is 167 Å². The summed E-state index contributed by atoms with van der Waals surface area (Å²) in [5.41, 5.74) is 3.35. The number of amides is 3. The van der Waals surface area contributed by atoms with Crippen molar-refractivity contribution in [3.8, 4) is 0 Å². The molecule has 1 saturated carbocycles. The van der Waals surface area contributed by atoms with Crippen LogP contribution in [-0.4, -0.2) is 57.2 Å². The topological polar surface area (TPSA) is 70.5 Å². The van der Waals surface area contributed by atoms with Crippen LogP contribution in [0.3, 0.4) is 0 Å². The number of urea groups is 1. The number of carbonyl (C=O) groups excluding carboxylic acids is 2. The Bertz CT molecular complexity index is 717. The molecule has 7 heteroatoms. The first-order valence-corrected chi connectivity index (χ1v) is 11.0. The largest absolute Gasteiger partial charge is 0.343 e. The van der Waals surface area contributed by atoms with Crippen molar-refractivity contribution in [1.29, 1.82) is 0 Å². The molecule has 3 amide bonds. The fraction of sp³-hybridized carbons (Fsp3) is 0.762. The van der Waals surface area contributed by atoms with Gasteiger partial charge >= 0.3 is 6.03 Å². The van der Waals surface area contributed by atoms with E-state index in [1.165, 1.54) is 25.0 Å². The Morgan fingerprint density at radius 1 is 1.04 bits per heavy atom. The molecule has 1 aromatic rings. The first-order valence-electron chi connectivity index (χ1n) is 11.0. The van der Waals surface area contributed by atoms with E-state index in [1.54, 1.807) is 0 Å². The fourth-order valence-electron chi connectivity index (χ4n) is 4.91. The van der Waals surface area contributed by atoms with E-state index in [4.69, 9.17) is 5.10 Å². The Morgan fingerprint density at radius 3 is 2.54 bits per heavy atom. The lowest BCUT2D eigenvalue weighted by Crippen LogP contribution is -2.46. The van der Waals surface area contributed by atoms with Crippen molar-refractivity contribution in [2.24, 2.45) is 7.05 Å². The van der Waals surface area contributed by atoms with E-state index in [1.807, 2.05) is 21.5 Å². The molecule has 2 fully saturated rings. The second-order valence-corrected chi connectivity index (χ2v) is 8.54. The van der Waals surface area contributed by atoms with E-state index in [9.17, 15) is 9.59 Å². The van der Waals surface area contributed by atoms with Gasteiger partial charge < -0.3 is 15.1 Å². The van der Waals surface area contributed by atoms with Crippen LogP contribution in [0.25, 0.3) is 0 Å². The molecule has 0 radical (unpaired) electrons. The van der Waals surface area contributed by atoms with Crippen molar-refractivity contribution in [2.45, 2.75) is 76.8 Å². The van der Waals surface area contributed by atoms with Crippen molar-refractivity contribution in [3.63, 3.8) is 0 Å². The minimum atomic E-state index is 0.0525. The molecule has 4 rings (SSSR count). The molecule has 0 bridgehead atoms. The van der Waals surface area contributed by atoms with E-state index in [2.05, 4.69) is 5.32 Å². The lowest BCUT2D eigenvalue weighted by atomic mass is 10.0. The Morgan fingerprint density at radius 2 is 1.79 bits per heavy atom. The zero-order valence-corrected chi connectivity index (χ0v) is 17.1. The maximum absolute atomic E-state index is 12.7. The van der Waals surface area contributed by atoms with Gasteiger partial charge in [0.2, 0.25) is 5.91 Å². The Hall–Kier alpha value is -2.05. The number of carbonyl (C=O) groups is 2. The summed E-state index contributed by atoms with van der Waals surface area (Å²) in [6.07, 6.45) is 10.1. The van der Waals surface area contributed by atoms with Crippen molar-refractivity contribution in [3.05, 3.63) is 17.0 Å². The number of hydrogen-bond donors (Lipinski definition) is 1. The average Bonchev–Trinajstić information content (AvgIpc) is 3.34. The number of piperidine rings is 1. The molecule has 1 aliphatic carbocycles. The summed E-state index contributed by atoms with van der Waals surface area (Å²) in [6, 6.07) is 0.390. The van der Waals surface area contributed by atoms with Gasteiger partial charge in [-0.3, -0.25) is 9.48 Å². The summed E-state index contributed by atoms with van der Waals surface area (Å²) in [4.78, 5) is 29.1. The molecule has 7 nitrogen and oxygen atoms in total. The normalized spacial score (nSPS) is 20.3. The maximum Gasteiger partial charge on any atom is 0.317 e. The molecule has 0 spiro atoms. The molecule has 1 aromatic heterocycles. The number of hydrogen-bond acceptors (Lipinski definition) is 3. The number of nitrogens with zero attached hydrogens (tertiary/aromatic N) is 4. The van der Waals surface area contributed by atoms with Crippen LogP contribution in [0.4, 0.5) is 4.79 Å². The third-order valence-electron chi connectivity index (χ3n) is 6.58. The molecular formula is C21H33N5O2. The van der Waals surface area contributed by atoms with Gasteiger partial charge in [0.05, 0.1) is 12.2 Å². The minimum absolute atomic E-state index is 0.0525. The highest BCUT2D eigenvalue weighted by atomic mass is 16.2. The molecule has 3 aliphatic rings. The summed E-state index contributed by atoms with van der Waals surface area (Å²) in [5, 5.41) is 7.89. The molecule has 1 N–H and O–H groups in total. The van der Waals surface area contributed by atoms with E-state index in [0.717, 1.165) is 63.0 Å². The van der Waals surface area contributed by atoms with Crippen LogP contribution in [0, 0.1) is 0 Å². The molecule has 154 valence electrons. The molecule has 3 heterocycles. The number of nitrogens with one attached hydrogen (secondary N) is 1. The summed E-state index contributed by atoms with van der Waals surface area (Å²) in [6.45, 7) is 3.13. The monoisotopic (exact) mass is 387 g/mol. The first-order chi connectivity index (χ1) is 13.6. The van der Waals surface area contributed by atoms with Gasteiger partial charge in [0.1, 0.15) is 0 Å². The molecule has 28 heavy (non-hydrogen) atoms. The third kappa shape index (κ3) is 4.18. The summed E-state index contributed by atoms with van der Waals surface area (Å²) in [7, 11) is 1.98. The van der Waals surface area contributed by atoms with Crippen molar-refractivity contribution >= 4 is 11.9 Å². The van der Waals surface area contributed by atoms with Gasteiger partial charge in [-0.15, -0.1) is 0 Å². The summed E-state index contributed by atoms with van der Waals surface area (Å²) >= 11 is 0. The Balaban J connectivity index is 1.38. The number of likely N-dealkylation sites (tertiary alicyclic amines) is 1. The van der Waals surface area contributed by atoms with E-state index in [-0.39, 0.29) is 11.9 Å². The van der Waals surface area contributed by atoms with Gasteiger partial charge in [0, 0.05) is 63.2 Å². The SMILES string of the molecule is Cn1nc(CCC(=O)N2CCCCC2)c2c1CCN(C(=O)NC1CCCC1)C2. The third-order valence-corrected chi connectivity index (χ3v) is 6.58. The number of aryl methyl sites for hydroxylation is 2. The van der Waals surface area contributed by atoms with Gasteiger partial charge in [0.25, 0.3) is 0 Å². The summed E-state index contributed by atoms with van der Waals surface area (Å²) < 4.78 is 1.95. The molecule has 0 aromatic carbocycles. The number of rotatable bonds is 4. The van der Waals surface area contributed by atoms with E-state index < -0.39 is 0 Å². The van der Waals surface area contributed by atoms with Crippen molar-refractivity contribution in [2.75, 3.05) is 19.6 Å². The molecule has 0 unspecified atom stereocenters. The standard InChI is InChI=1S/C21H33N5O2/c1-24-19-11-14-26(21(28)22-16-7-3-4-8-16)15-17(19)18(23-24)9-10-20(27)25-12-5-2-6-13-25/h16H,2-15H2,1H3,(H,22,28). The lowest BCUT2D eigenvalue weighted by molar-refractivity contribution is -0.132. The first kappa shape index (κ1) is 19.3. The van der Waals surface area contributed by atoms with Crippen LogP contribution in [0.5, 0.6) is 0 Å². The highest BCUT2D eigenvalue weighted by Gasteiger charge is 2.28. The Kier molecular flexibility index (Phi) is 5.87. The van der Waals surface area contributed by atoms with E-state index >= 15 is 0 Å². The van der Waals surface area contributed by atoms with Gasteiger partial charge in [-0.25, -0.2) is 4.79 Å². The maximum atomic E-state index is 12.7. The molecule has 1 saturated heterocycles. The van der Waals surface area contributed by atoms with Crippen LogP contribution in [0.2, 0.25) is 0 Å². The minimum Gasteiger partial charge on any atom is -0.343 e. The van der Waals surface area contributed by atoms with E-state index in [0.29, 0.717) is 25.4 Å². The zero-order chi connectivity index (χ0) is 19.5. The van der Waals surface area contributed by atoms with Crippen molar-refractivity contribution in [1.82, 2.24) is 24.9 Å². The summed E-state index contributed by atoms with van der Waals surface area (Å²) in [5.74, 6) is 0.241.